The fourth-order valence-electron chi connectivity index (χ4n) is 2.82. The van der Waals surface area contributed by atoms with E-state index in [0.717, 1.165) is 10.0 Å². The lowest BCUT2D eigenvalue weighted by Crippen LogP contribution is -2.32. The van der Waals surface area contributed by atoms with Crippen LogP contribution in [-0.2, 0) is 14.3 Å². The molecule has 28 heavy (non-hydrogen) atoms. The molecule has 0 atom stereocenters. The number of methoxy groups -OCH3 is 1. The first-order chi connectivity index (χ1) is 13.2. The van der Waals surface area contributed by atoms with Gasteiger partial charge in [0.05, 0.1) is 18.2 Å². The van der Waals surface area contributed by atoms with E-state index >= 15 is 0 Å². The van der Waals surface area contributed by atoms with Gasteiger partial charge in [-0.15, -0.1) is 0 Å². The normalized spacial score (nSPS) is 14.6. The maximum atomic E-state index is 12.5. The van der Waals surface area contributed by atoms with Crippen LogP contribution in [0.3, 0.4) is 0 Å². The van der Waals surface area contributed by atoms with Gasteiger partial charge < -0.3 is 14.8 Å². The number of nitrogens with one attached hydrogen (secondary N) is 1. The predicted molar refractivity (Wildman–Crippen MR) is 113 cm³/mol. The number of hydrogen-bond acceptors (Lipinski definition) is 4. The van der Waals surface area contributed by atoms with Gasteiger partial charge in [-0.25, -0.2) is 0 Å². The number of carbonyl (C=O) groups is 2. The van der Waals surface area contributed by atoms with E-state index in [-0.39, 0.29) is 18.5 Å². The number of amides is 1. The highest BCUT2D eigenvalue weighted by molar-refractivity contribution is 9.10. The number of carbonyl (C=O) groups excluding carboxylic acids is 2. The highest BCUT2D eigenvalue weighted by atomic mass is 79.9. The molecule has 0 unspecified atom stereocenters. The van der Waals surface area contributed by atoms with Crippen LogP contribution in [0, 0.1) is 5.41 Å². The van der Waals surface area contributed by atoms with E-state index in [9.17, 15) is 9.59 Å². The van der Waals surface area contributed by atoms with Crippen LogP contribution in [0.5, 0.6) is 5.75 Å². The summed E-state index contributed by atoms with van der Waals surface area (Å²) >= 11 is 9.46. The van der Waals surface area contributed by atoms with Crippen molar-refractivity contribution in [3.05, 3.63) is 57.0 Å². The number of hydrogen-bond donors (Lipinski definition) is 1. The molecule has 1 heterocycles. The topological polar surface area (TPSA) is 64.6 Å². The molecule has 0 aliphatic carbocycles. The molecule has 0 saturated carbocycles. The molecule has 7 heteroatoms. The molecule has 1 aliphatic rings. The molecular formula is C21H19BrClNO4. The predicted octanol–water partition coefficient (Wildman–Crippen LogP) is 5.17. The molecule has 0 aromatic heterocycles. The minimum absolute atomic E-state index is 0.135. The number of rotatable bonds is 5. The third-order valence-corrected chi connectivity index (χ3v) is 5.09. The molecule has 1 amide bonds. The number of esters is 1. The van der Waals surface area contributed by atoms with Crippen molar-refractivity contribution in [1.29, 1.82) is 0 Å². The second-order valence-corrected chi connectivity index (χ2v) is 8.40. The van der Waals surface area contributed by atoms with Crippen molar-refractivity contribution >= 4 is 56.7 Å². The van der Waals surface area contributed by atoms with Crippen LogP contribution < -0.4 is 10.1 Å². The summed E-state index contributed by atoms with van der Waals surface area (Å²) in [5, 5.41) is 3.37. The Bertz CT molecular complexity index is 984. The lowest BCUT2D eigenvalue weighted by atomic mass is 9.95. The zero-order chi connectivity index (χ0) is 20.5. The van der Waals surface area contributed by atoms with Gasteiger partial charge in [0.2, 0.25) is 0 Å². The molecule has 1 N–H and O–H groups in total. The summed E-state index contributed by atoms with van der Waals surface area (Å²) in [7, 11) is 1.35. The Hall–Kier alpha value is -2.31. The number of benzene rings is 2. The molecule has 1 aliphatic heterocycles. The van der Waals surface area contributed by atoms with Crippen molar-refractivity contribution < 1.29 is 19.1 Å². The summed E-state index contributed by atoms with van der Waals surface area (Å²) in [5.74, 6) is -0.00790. The number of halogens is 2. The minimum atomic E-state index is -0.805. The molecule has 2 aromatic rings. The Balaban J connectivity index is 1.95. The smallest absolute Gasteiger partial charge is 0.314 e. The van der Waals surface area contributed by atoms with Crippen LogP contribution in [0.2, 0.25) is 5.02 Å². The third kappa shape index (κ3) is 4.23. The van der Waals surface area contributed by atoms with Gasteiger partial charge >= 0.3 is 5.97 Å². The van der Waals surface area contributed by atoms with E-state index in [4.69, 9.17) is 21.1 Å². The highest BCUT2D eigenvalue weighted by Gasteiger charge is 2.30. The summed E-state index contributed by atoms with van der Waals surface area (Å²) in [4.78, 5) is 24.3. The first-order valence-corrected chi connectivity index (χ1v) is 9.72. The van der Waals surface area contributed by atoms with Crippen LogP contribution in [0.4, 0.5) is 5.69 Å². The Labute approximate surface area is 176 Å². The molecule has 0 radical (unpaired) electrons. The Morgan fingerprint density at radius 3 is 2.71 bits per heavy atom. The zero-order valence-corrected chi connectivity index (χ0v) is 18.0. The van der Waals surface area contributed by atoms with Gasteiger partial charge in [-0.2, -0.15) is 0 Å². The van der Waals surface area contributed by atoms with E-state index in [1.807, 2.05) is 12.1 Å². The molecule has 0 bridgehead atoms. The zero-order valence-electron chi connectivity index (χ0n) is 15.6. The monoisotopic (exact) mass is 463 g/mol. The number of anilines is 1. The number of fused-ring (bicyclic) bond motifs is 1. The summed E-state index contributed by atoms with van der Waals surface area (Å²) < 4.78 is 11.6. The maximum absolute atomic E-state index is 12.5. The van der Waals surface area contributed by atoms with Gasteiger partial charge in [-0.3, -0.25) is 9.59 Å². The fourth-order valence-corrected chi connectivity index (χ4v) is 3.37. The quantitative estimate of drug-likeness (QED) is 0.489. The first kappa shape index (κ1) is 20.4. The average Bonchev–Trinajstić information content (AvgIpc) is 2.94. The largest absolute Gasteiger partial charge is 0.492 e. The van der Waals surface area contributed by atoms with Crippen molar-refractivity contribution in [3.8, 4) is 5.75 Å². The van der Waals surface area contributed by atoms with E-state index < -0.39 is 5.41 Å². The minimum Gasteiger partial charge on any atom is -0.492 e. The summed E-state index contributed by atoms with van der Waals surface area (Å²) in [6.45, 7) is 3.64. The van der Waals surface area contributed by atoms with Crippen LogP contribution in [0.15, 0.2) is 40.9 Å². The van der Waals surface area contributed by atoms with Gasteiger partial charge in [0.15, 0.2) is 0 Å². The van der Waals surface area contributed by atoms with Crippen molar-refractivity contribution in [2.24, 2.45) is 5.41 Å². The second-order valence-electron chi connectivity index (χ2n) is 7.05. The molecular weight excluding hydrogens is 446 g/mol. The number of ether oxygens (including phenoxy) is 2. The van der Waals surface area contributed by atoms with Crippen molar-refractivity contribution in [3.63, 3.8) is 0 Å². The van der Waals surface area contributed by atoms with Crippen molar-refractivity contribution in [2.45, 2.75) is 13.8 Å². The first-order valence-electron chi connectivity index (χ1n) is 8.55. The molecule has 0 fully saturated rings. The lowest BCUT2D eigenvalue weighted by Gasteiger charge is -2.22. The Morgan fingerprint density at radius 1 is 1.25 bits per heavy atom. The van der Waals surface area contributed by atoms with Gasteiger partial charge in [-0.05, 0) is 50.3 Å². The highest BCUT2D eigenvalue weighted by Crippen LogP contribution is 2.37. The van der Waals surface area contributed by atoms with E-state index in [0.29, 0.717) is 27.6 Å². The third-order valence-electron chi connectivity index (χ3n) is 4.36. The van der Waals surface area contributed by atoms with Crippen LogP contribution in [0.25, 0.3) is 11.6 Å². The summed E-state index contributed by atoms with van der Waals surface area (Å²) in [6, 6.07) is 10.7. The van der Waals surface area contributed by atoms with Gasteiger partial charge in [0.1, 0.15) is 12.4 Å². The maximum Gasteiger partial charge on any atom is 0.314 e. The van der Waals surface area contributed by atoms with Gasteiger partial charge in [0, 0.05) is 26.2 Å². The van der Waals surface area contributed by atoms with Crippen molar-refractivity contribution in [2.75, 3.05) is 19.0 Å². The van der Waals surface area contributed by atoms with E-state index in [2.05, 4.69) is 21.2 Å². The van der Waals surface area contributed by atoms with E-state index in [1.165, 1.54) is 7.11 Å². The molecule has 146 valence electrons. The SMILES string of the molecule is COC(=O)C(C)(C)COc1ccc(Br)cc1/C=C1\C(=O)Nc2cc(Cl)ccc21. The van der Waals surface area contributed by atoms with Crippen LogP contribution in [0.1, 0.15) is 25.0 Å². The molecule has 2 aromatic carbocycles. The molecule has 3 rings (SSSR count). The molecule has 0 saturated heterocycles. The van der Waals surface area contributed by atoms with Crippen LogP contribution >= 0.6 is 27.5 Å². The second kappa shape index (κ2) is 7.97. The van der Waals surface area contributed by atoms with Crippen LogP contribution in [-0.4, -0.2) is 25.6 Å². The van der Waals surface area contributed by atoms with E-state index in [1.54, 1.807) is 44.2 Å². The standard InChI is InChI=1S/C21H19BrClNO4/c1-21(2,20(26)27-3)11-28-18-7-4-13(22)8-12(18)9-16-15-6-5-14(23)10-17(15)24-19(16)25/h4-10H,11H2,1-3H3,(H,24,25)/b16-9-. The molecule has 0 spiro atoms. The van der Waals surface area contributed by atoms with Gasteiger partial charge in [-0.1, -0.05) is 33.6 Å². The Morgan fingerprint density at radius 2 is 2.00 bits per heavy atom. The summed E-state index contributed by atoms with van der Waals surface area (Å²) in [5.41, 5.74) is 1.87. The Kier molecular flexibility index (Phi) is 5.82. The van der Waals surface area contributed by atoms with Gasteiger partial charge in [0.25, 0.3) is 5.91 Å². The summed E-state index contributed by atoms with van der Waals surface area (Å²) in [6.07, 6.45) is 1.76. The average molecular weight is 465 g/mol. The lowest BCUT2D eigenvalue weighted by molar-refractivity contribution is -0.152. The fraction of sp³-hybridized carbons (Fsp3) is 0.238. The van der Waals surface area contributed by atoms with Crippen molar-refractivity contribution in [1.82, 2.24) is 0 Å². The molecule has 5 nitrogen and oxygen atoms in total.